The number of hydrogen-bond donors (Lipinski definition) is 1. The molecule has 1 saturated heterocycles. The maximum absolute atomic E-state index is 12.2. The smallest absolute Gasteiger partial charge is 0.311 e. The van der Waals surface area contributed by atoms with Crippen molar-refractivity contribution in [2.24, 2.45) is 0 Å². The fraction of sp³-hybridized carbons (Fsp3) is 0.556. The summed E-state index contributed by atoms with van der Waals surface area (Å²) in [4.78, 5) is 28.0. The predicted octanol–water partition coefficient (Wildman–Crippen LogP) is 0.212. The van der Waals surface area contributed by atoms with E-state index in [-0.39, 0.29) is 6.79 Å². The predicted molar refractivity (Wildman–Crippen MR) is 93.9 cm³/mol. The van der Waals surface area contributed by atoms with Gasteiger partial charge in [0.05, 0.1) is 0 Å². The van der Waals surface area contributed by atoms with Crippen molar-refractivity contribution in [3.63, 3.8) is 0 Å². The first-order chi connectivity index (χ1) is 12.7. The zero-order valence-corrected chi connectivity index (χ0v) is 15.0. The maximum atomic E-state index is 12.2. The van der Waals surface area contributed by atoms with E-state index < -0.39 is 11.8 Å². The number of benzene rings is 1. The van der Waals surface area contributed by atoms with E-state index in [0.29, 0.717) is 32.7 Å². The van der Waals surface area contributed by atoms with Gasteiger partial charge in [-0.2, -0.15) is 0 Å². The molecular weight excluding hydrogens is 338 g/mol. The quantitative estimate of drug-likeness (QED) is 0.575. The van der Waals surface area contributed by atoms with Crippen molar-refractivity contribution >= 4 is 11.8 Å². The van der Waals surface area contributed by atoms with Crippen molar-refractivity contribution in [2.45, 2.75) is 13.0 Å². The molecule has 1 fully saturated rings. The Morgan fingerprint density at radius 2 is 1.92 bits per heavy atom. The van der Waals surface area contributed by atoms with Crippen LogP contribution in [0.2, 0.25) is 0 Å². The fourth-order valence-electron chi connectivity index (χ4n) is 3.04. The van der Waals surface area contributed by atoms with Crippen LogP contribution in [0.3, 0.4) is 0 Å². The largest absolute Gasteiger partial charge is 0.454 e. The first-order valence-electron chi connectivity index (χ1n) is 8.84. The van der Waals surface area contributed by atoms with E-state index in [4.69, 9.17) is 14.2 Å². The van der Waals surface area contributed by atoms with Gasteiger partial charge in [0.25, 0.3) is 0 Å². The van der Waals surface area contributed by atoms with Gasteiger partial charge in [-0.05, 0) is 24.1 Å². The van der Waals surface area contributed by atoms with Gasteiger partial charge in [0.1, 0.15) is 0 Å². The number of ether oxygens (including phenoxy) is 3. The maximum Gasteiger partial charge on any atom is 0.311 e. The van der Waals surface area contributed by atoms with Gasteiger partial charge in [0, 0.05) is 53.0 Å². The van der Waals surface area contributed by atoms with E-state index in [2.05, 4.69) is 10.2 Å². The van der Waals surface area contributed by atoms with Crippen molar-refractivity contribution in [1.29, 1.82) is 0 Å². The first kappa shape index (κ1) is 18.5. The molecule has 0 radical (unpaired) electrons. The lowest BCUT2D eigenvalue weighted by molar-refractivity contribution is -0.147. The number of rotatable bonds is 6. The molecule has 8 nitrogen and oxygen atoms in total. The summed E-state index contributed by atoms with van der Waals surface area (Å²) in [5.41, 5.74) is 1.14. The topological polar surface area (TPSA) is 80.3 Å². The van der Waals surface area contributed by atoms with Crippen LogP contribution in [0.4, 0.5) is 0 Å². The third kappa shape index (κ3) is 4.64. The minimum absolute atomic E-state index is 0.271. The van der Waals surface area contributed by atoms with E-state index >= 15 is 0 Å². The molecule has 0 unspecified atom stereocenters. The van der Waals surface area contributed by atoms with Crippen molar-refractivity contribution in [3.05, 3.63) is 23.8 Å². The lowest BCUT2D eigenvalue weighted by atomic mass is 10.1. The summed E-state index contributed by atoms with van der Waals surface area (Å²) < 4.78 is 15.6. The Hall–Kier alpha value is -2.32. The van der Waals surface area contributed by atoms with Crippen LogP contribution >= 0.6 is 0 Å². The van der Waals surface area contributed by atoms with E-state index in [1.165, 1.54) is 0 Å². The summed E-state index contributed by atoms with van der Waals surface area (Å²) >= 11 is 0. The van der Waals surface area contributed by atoms with Crippen LogP contribution in [0.25, 0.3) is 0 Å². The van der Waals surface area contributed by atoms with Gasteiger partial charge < -0.3 is 24.4 Å². The Labute approximate surface area is 153 Å². The zero-order valence-electron chi connectivity index (χ0n) is 15.0. The second-order valence-electron chi connectivity index (χ2n) is 6.36. The molecule has 2 amide bonds. The van der Waals surface area contributed by atoms with E-state index in [1.54, 1.807) is 12.0 Å². The number of fused-ring (bicyclic) bond motifs is 1. The summed E-state index contributed by atoms with van der Waals surface area (Å²) in [7, 11) is 1.61. The van der Waals surface area contributed by atoms with Gasteiger partial charge in [-0.15, -0.1) is 0 Å². The second-order valence-corrected chi connectivity index (χ2v) is 6.36. The number of carbonyl (C=O) groups excluding carboxylic acids is 2. The molecule has 2 aliphatic heterocycles. The third-order valence-corrected chi connectivity index (χ3v) is 4.51. The second kappa shape index (κ2) is 8.86. The highest BCUT2D eigenvalue weighted by Gasteiger charge is 2.26. The molecule has 0 atom stereocenters. The molecule has 0 aromatic heterocycles. The van der Waals surface area contributed by atoms with Crippen LogP contribution in [0, 0.1) is 0 Å². The molecule has 1 N–H and O–H groups in total. The third-order valence-electron chi connectivity index (χ3n) is 4.51. The zero-order chi connectivity index (χ0) is 18.4. The Bertz CT molecular complexity index is 644. The molecule has 2 aliphatic rings. The number of hydrogen-bond acceptors (Lipinski definition) is 6. The molecule has 142 valence electrons. The molecule has 0 saturated carbocycles. The molecule has 3 rings (SSSR count). The van der Waals surface area contributed by atoms with Crippen LogP contribution in [0.5, 0.6) is 11.5 Å². The van der Waals surface area contributed by atoms with E-state index in [9.17, 15) is 9.59 Å². The van der Waals surface area contributed by atoms with Crippen LogP contribution in [-0.2, 0) is 20.9 Å². The highest BCUT2D eigenvalue weighted by molar-refractivity contribution is 6.35. The number of methoxy groups -OCH3 is 1. The number of nitrogens with zero attached hydrogens (tertiary/aromatic N) is 2. The molecular formula is C18H25N3O5. The minimum atomic E-state index is -0.537. The van der Waals surface area contributed by atoms with Gasteiger partial charge in [0.15, 0.2) is 11.5 Å². The summed E-state index contributed by atoms with van der Waals surface area (Å²) in [5.74, 6) is 0.567. The fourth-order valence-corrected chi connectivity index (χ4v) is 3.04. The molecule has 0 aliphatic carbocycles. The summed E-state index contributed by atoms with van der Waals surface area (Å²) in [6.45, 7) is 4.63. The minimum Gasteiger partial charge on any atom is -0.454 e. The first-order valence-corrected chi connectivity index (χ1v) is 8.84. The van der Waals surface area contributed by atoms with Crippen LogP contribution in [0.1, 0.15) is 12.0 Å². The molecule has 1 aromatic rings. The van der Waals surface area contributed by atoms with Gasteiger partial charge in [-0.1, -0.05) is 6.07 Å². The molecule has 0 bridgehead atoms. The van der Waals surface area contributed by atoms with Crippen LogP contribution in [0.15, 0.2) is 18.2 Å². The monoisotopic (exact) mass is 363 g/mol. The SMILES string of the molecule is COCCCNC(=O)C(=O)N1CCN(Cc2ccc3c(c2)OCO3)CC1. The molecule has 8 heteroatoms. The molecule has 26 heavy (non-hydrogen) atoms. The van der Waals surface area contributed by atoms with Crippen molar-refractivity contribution in [1.82, 2.24) is 15.1 Å². The Kier molecular flexibility index (Phi) is 6.30. The Balaban J connectivity index is 1.42. The summed E-state index contributed by atoms with van der Waals surface area (Å²) in [5, 5.41) is 2.64. The Morgan fingerprint density at radius 1 is 1.15 bits per heavy atom. The van der Waals surface area contributed by atoms with Crippen molar-refractivity contribution in [2.75, 3.05) is 53.2 Å². The van der Waals surface area contributed by atoms with Gasteiger partial charge in [-0.25, -0.2) is 0 Å². The summed E-state index contributed by atoms with van der Waals surface area (Å²) in [6.07, 6.45) is 0.693. The van der Waals surface area contributed by atoms with Crippen molar-refractivity contribution < 1.29 is 23.8 Å². The normalized spacial score (nSPS) is 16.6. The van der Waals surface area contributed by atoms with E-state index in [0.717, 1.165) is 36.7 Å². The molecule has 1 aromatic carbocycles. The van der Waals surface area contributed by atoms with Crippen LogP contribution < -0.4 is 14.8 Å². The number of nitrogens with one attached hydrogen (secondary N) is 1. The van der Waals surface area contributed by atoms with Crippen molar-refractivity contribution in [3.8, 4) is 11.5 Å². The average Bonchev–Trinajstić information content (AvgIpc) is 3.13. The molecule has 2 heterocycles. The standard InChI is InChI=1S/C18H25N3O5/c1-24-10-2-5-19-17(22)18(23)21-8-6-20(7-9-21)12-14-3-4-15-16(11-14)26-13-25-15/h3-4,11H,2,5-10,12-13H2,1H3,(H,19,22). The molecule has 0 spiro atoms. The Morgan fingerprint density at radius 3 is 2.69 bits per heavy atom. The average molecular weight is 363 g/mol. The van der Waals surface area contributed by atoms with Gasteiger partial charge >= 0.3 is 11.8 Å². The highest BCUT2D eigenvalue weighted by atomic mass is 16.7. The lowest BCUT2D eigenvalue weighted by Crippen LogP contribution is -2.52. The number of amides is 2. The summed E-state index contributed by atoms with van der Waals surface area (Å²) in [6, 6.07) is 5.94. The van der Waals surface area contributed by atoms with Gasteiger partial charge in [-0.3, -0.25) is 14.5 Å². The van der Waals surface area contributed by atoms with Crippen LogP contribution in [-0.4, -0.2) is 74.8 Å². The highest BCUT2D eigenvalue weighted by Crippen LogP contribution is 2.32. The van der Waals surface area contributed by atoms with Gasteiger partial charge in [0.2, 0.25) is 6.79 Å². The van der Waals surface area contributed by atoms with E-state index in [1.807, 2.05) is 18.2 Å². The lowest BCUT2D eigenvalue weighted by Gasteiger charge is -2.34. The number of carbonyl (C=O) groups is 2. The number of piperazine rings is 1.